The highest BCUT2D eigenvalue weighted by Gasteiger charge is 2.29. The van der Waals surface area contributed by atoms with E-state index in [4.69, 9.17) is 5.73 Å². The Morgan fingerprint density at radius 1 is 1.38 bits per heavy atom. The highest BCUT2D eigenvalue weighted by molar-refractivity contribution is 5.32. The first-order valence-electron chi connectivity index (χ1n) is 4.70. The molecule has 1 aliphatic rings. The van der Waals surface area contributed by atoms with Gasteiger partial charge in [-0.05, 0) is 48.9 Å². The van der Waals surface area contributed by atoms with E-state index in [0.717, 1.165) is 18.4 Å². The number of nitrogens with two attached hydrogens (primary N) is 1. The normalized spacial score (nSPS) is 27.0. The van der Waals surface area contributed by atoms with Crippen molar-refractivity contribution in [2.45, 2.75) is 31.7 Å². The molecule has 1 aromatic rings. The lowest BCUT2D eigenvalue weighted by molar-refractivity contribution is 0.345. The van der Waals surface area contributed by atoms with Crippen LogP contribution in [0.4, 0.5) is 4.39 Å². The highest BCUT2D eigenvalue weighted by Crippen LogP contribution is 2.36. The predicted octanol–water partition coefficient (Wildman–Crippen LogP) is 2.34. The van der Waals surface area contributed by atoms with Crippen LogP contribution >= 0.6 is 0 Å². The second kappa shape index (κ2) is 3.11. The minimum atomic E-state index is -0.158. The van der Waals surface area contributed by atoms with Gasteiger partial charge in [-0.25, -0.2) is 4.39 Å². The van der Waals surface area contributed by atoms with Gasteiger partial charge in [0, 0.05) is 6.04 Å². The molecule has 0 bridgehead atoms. The molecule has 0 spiro atoms. The summed E-state index contributed by atoms with van der Waals surface area (Å²) in [4.78, 5) is 0. The van der Waals surface area contributed by atoms with Crippen LogP contribution in [0.25, 0.3) is 0 Å². The number of rotatable bonds is 1. The van der Waals surface area contributed by atoms with Gasteiger partial charge in [0.1, 0.15) is 5.82 Å². The molecule has 2 rings (SSSR count). The van der Waals surface area contributed by atoms with Crippen LogP contribution in [0.3, 0.4) is 0 Å². The average molecular weight is 179 g/mol. The summed E-state index contributed by atoms with van der Waals surface area (Å²) in [6, 6.07) is 5.26. The van der Waals surface area contributed by atoms with E-state index in [1.807, 2.05) is 13.0 Å². The molecule has 0 heterocycles. The quantitative estimate of drug-likeness (QED) is 0.703. The van der Waals surface area contributed by atoms with Gasteiger partial charge in [0.05, 0.1) is 0 Å². The lowest BCUT2D eigenvalue weighted by Crippen LogP contribution is -2.37. The van der Waals surface area contributed by atoms with Gasteiger partial charge in [0.15, 0.2) is 0 Å². The van der Waals surface area contributed by atoms with E-state index in [-0.39, 0.29) is 11.9 Å². The van der Waals surface area contributed by atoms with Crippen LogP contribution in [0.5, 0.6) is 0 Å². The van der Waals surface area contributed by atoms with Gasteiger partial charge < -0.3 is 5.73 Å². The van der Waals surface area contributed by atoms with Crippen molar-refractivity contribution < 1.29 is 4.39 Å². The van der Waals surface area contributed by atoms with Crippen molar-refractivity contribution >= 4 is 0 Å². The van der Waals surface area contributed by atoms with Crippen LogP contribution in [-0.4, -0.2) is 6.04 Å². The van der Waals surface area contributed by atoms with Crippen LogP contribution in [0, 0.1) is 12.7 Å². The van der Waals surface area contributed by atoms with Gasteiger partial charge in [0.25, 0.3) is 0 Å². The molecule has 1 nitrogen and oxygen atoms in total. The molecule has 2 unspecified atom stereocenters. The van der Waals surface area contributed by atoms with Gasteiger partial charge in [-0.1, -0.05) is 6.07 Å². The first-order chi connectivity index (χ1) is 6.18. The van der Waals surface area contributed by atoms with E-state index >= 15 is 0 Å². The third-order valence-corrected chi connectivity index (χ3v) is 2.96. The maximum absolute atomic E-state index is 12.8. The van der Waals surface area contributed by atoms with Crippen molar-refractivity contribution in [3.05, 3.63) is 35.1 Å². The monoisotopic (exact) mass is 179 g/mol. The Hall–Kier alpha value is -0.890. The Labute approximate surface area is 77.8 Å². The van der Waals surface area contributed by atoms with Gasteiger partial charge in [-0.15, -0.1) is 0 Å². The third-order valence-electron chi connectivity index (χ3n) is 2.96. The molecule has 0 amide bonds. The Balaban J connectivity index is 2.30. The van der Waals surface area contributed by atoms with Crippen molar-refractivity contribution in [2.24, 2.45) is 5.73 Å². The minimum absolute atomic E-state index is 0.158. The summed E-state index contributed by atoms with van der Waals surface area (Å²) < 4.78 is 12.8. The van der Waals surface area contributed by atoms with Crippen LogP contribution in [-0.2, 0) is 0 Å². The third kappa shape index (κ3) is 1.46. The van der Waals surface area contributed by atoms with Gasteiger partial charge in [0.2, 0.25) is 0 Å². The van der Waals surface area contributed by atoms with Crippen molar-refractivity contribution in [2.75, 3.05) is 0 Å². The zero-order valence-corrected chi connectivity index (χ0v) is 7.76. The Bertz CT molecular complexity index is 322. The first-order valence-corrected chi connectivity index (χ1v) is 4.70. The van der Waals surface area contributed by atoms with Crippen molar-refractivity contribution in [3.8, 4) is 0 Å². The molecule has 0 aromatic heterocycles. The fraction of sp³-hybridized carbons (Fsp3) is 0.455. The predicted molar refractivity (Wildman–Crippen MR) is 51.1 cm³/mol. The molecule has 0 radical (unpaired) electrons. The second-order valence-corrected chi connectivity index (χ2v) is 3.85. The molecule has 1 fully saturated rings. The minimum Gasteiger partial charge on any atom is -0.327 e. The SMILES string of the molecule is Cc1cc(F)ccc1C1CCC1N. The van der Waals surface area contributed by atoms with E-state index in [0.29, 0.717) is 5.92 Å². The Morgan fingerprint density at radius 2 is 2.15 bits per heavy atom. The largest absolute Gasteiger partial charge is 0.327 e. The maximum Gasteiger partial charge on any atom is 0.123 e. The standard InChI is InChI=1S/C11H14FN/c1-7-6-8(12)2-3-9(7)10-4-5-11(10)13/h2-3,6,10-11H,4-5,13H2,1H3. The second-order valence-electron chi connectivity index (χ2n) is 3.85. The molecule has 0 saturated heterocycles. The topological polar surface area (TPSA) is 26.0 Å². The van der Waals surface area contributed by atoms with Crippen LogP contribution in [0.15, 0.2) is 18.2 Å². The van der Waals surface area contributed by atoms with E-state index in [9.17, 15) is 4.39 Å². The van der Waals surface area contributed by atoms with Gasteiger partial charge in [-0.2, -0.15) is 0 Å². The number of hydrogen-bond acceptors (Lipinski definition) is 1. The summed E-state index contributed by atoms with van der Waals surface area (Å²) in [7, 11) is 0. The van der Waals surface area contributed by atoms with E-state index in [1.54, 1.807) is 6.07 Å². The molecule has 1 aromatic carbocycles. The smallest absolute Gasteiger partial charge is 0.123 e. The summed E-state index contributed by atoms with van der Waals surface area (Å²) in [5.74, 6) is 0.301. The number of halogens is 1. The summed E-state index contributed by atoms with van der Waals surface area (Å²) >= 11 is 0. The van der Waals surface area contributed by atoms with Gasteiger partial charge in [-0.3, -0.25) is 0 Å². The molecular weight excluding hydrogens is 165 g/mol. The van der Waals surface area contributed by atoms with Crippen LogP contribution in [0.2, 0.25) is 0 Å². The number of aryl methyl sites for hydroxylation is 1. The molecule has 1 aliphatic carbocycles. The summed E-state index contributed by atoms with van der Waals surface area (Å²) in [6.45, 7) is 1.95. The van der Waals surface area contributed by atoms with E-state index in [1.165, 1.54) is 11.6 Å². The maximum atomic E-state index is 12.8. The van der Waals surface area contributed by atoms with Crippen molar-refractivity contribution in [1.29, 1.82) is 0 Å². The van der Waals surface area contributed by atoms with Gasteiger partial charge >= 0.3 is 0 Å². The first kappa shape index (κ1) is 8.70. The molecule has 70 valence electrons. The Morgan fingerprint density at radius 3 is 2.62 bits per heavy atom. The van der Waals surface area contributed by atoms with Crippen LogP contribution in [0.1, 0.15) is 29.9 Å². The molecule has 0 aliphatic heterocycles. The van der Waals surface area contributed by atoms with E-state index in [2.05, 4.69) is 0 Å². The molecule has 2 atom stereocenters. The zero-order valence-electron chi connectivity index (χ0n) is 7.76. The molecule has 2 heteroatoms. The lowest BCUT2D eigenvalue weighted by Gasteiger charge is -2.34. The fourth-order valence-corrected chi connectivity index (χ4v) is 1.97. The van der Waals surface area contributed by atoms with Crippen molar-refractivity contribution in [1.82, 2.24) is 0 Å². The van der Waals surface area contributed by atoms with Crippen LogP contribution < -0.4 is 5.73 Å². The van der Waals surface area contributed by atoms with Crippen molar-refractivity contribution in [3.63, 3.8) is 0 Å². The zero-order chi connectivity index (χ0) is 9.42. The number of hydrogen-bond donors (Lipinski definition) is 1. The fourth-order valence-electron chi connectivity index (χ4n) is 1.97. The highest BCUT2D eigenvalue weighted by atomic mass is 19.1. The molecule has 1 saturated carbocycles. The summed E-state index contributed by atoms with van der Waals surface area (Å²) in [5, 5.41) is 0. The number of benzene rings is 1. The Kier molecular flexibility index (Phi) is 2.08. The molecule has 13 heavy (non-hydrogen) atoms. The summed E-state index contributed by atoms with van der Waals surface area (Å²) in [6.07, 6.45) is 2.25. The average Bonchev–Trinajstić information content (AvgIpc) is 2.07. The van der Waals surface area contributed by atoms with E-state index < -0.39 is 0 Å². The summed E-state index contributed by atoms with van der Waals surface area (Å²) in [5.41, 5.74) is 8.12. The lowest BCUT2D eigenvalue weighted by atomic mass is 9.74. The molecular formula is C11H14FN. The molecule has 2 N–H and O–H groups in total.